The summed E-state index contributed by atoms with van der Waals surface area (Å²) >= 11 is 1.08. The number of piperidine rings is 1. The molecule has 1 aromatic heterocycles. The van der Waals surface area contributed by atoms with Gasteiger partial charge in [-0.1, -0.05) is 6.42 Å². The third-order valence-corrected chi connectivity index (χ3v) is 11.0. The monoisotopic (exact) mass is 513 g/mol. The first-order valence-electron chi connectivity index (χ1n) is 10.8. The number of hydrogen-bond acceptors (Lipinski definition) is 7. The Morgan fingerprint density at radius 3 is 2.15 bits per heavy atom. The number of nitrogens with zero attached hydrogens (tertiary/aromatic N) is 2. The second kappa shape index (κ2) is 10.2. The molecule has 2 fully saturated rings. The van der Waals surface area contributed by atoms with Crippen LogP contribution < -0.4 is 5.32 Å². The van der Waals surface area contributed by atoms with Crippen LogP contribution in [0.25, 0.3) is 0 Å². The summed E-state index contributed by atoms with van der Waals surface area (Å²) in [6, 6.07) is 9.30. The number of nitrogens with one attached hydrogen (secondary N) is 1. The van der Waals surface area contributed by atoms with Crippen molar-refractivity contribution >= 4 is 43.0 Å². The topological polar surface area (TPSA) is 113 Å². The van der Waals surface area contributed by atoms with Gasteiger partial charge in [0, 0.05) is 36.7 Å². The van der Waals surface area contributed by atoms with E-state index in [4.69, 9.17) is 4.74 Å². The van der Waals surface area contributed by atoms with Gasteiger partial charge in [0.1, 0.15) is 4.21 Å². The third-order valence-electron chi connectivity index (χ3n) is 5.63. The van der Waals surface area contributed by atoms with Crippen molar-refractivity contribution in [1.82, 2.24) is 8.61 Å². The number of carbonyl (C=O) groups excluding carboxylic acids is 1. The zero-order valence-corrected chi connectivity index (χ0v) is 20.6. The molecule has 1 N–H and O–H groups in total. The van der Waals surface area contributed by atoms with Gasteiger partial charge in [-0.25, -0.2) is 16.8 Å². The molecule has 180 valence electrons. The van der Waals surface area contributed by atoms with Crippen LogP contribution in [0.5, 0.6) is 0 Å². The normalized spacial score (nSPS) is 18.8. The first kappa shape index (κ1) is 24.3. The Kier molecular flexibility index (Phi) is 7.51. The molecule has 1 amide bonds. The van der Waals surface area contributed by atoms with Crippen molar-refractivity contribution in [3.63, 3.8) is 0 Å². The average molecular weight is 514 g/mol. The number of amides is 1. The lowest BCUT2D eigenvalue weighted by atomic mass is 10.2. The zero-order chi connectivity index (χ0) is 23.5. The van der Waals surface area contributed by atoms with Crippen LogP contribution in [0.2, 0.25) is 0 Å². The molecule has 0 radical (unpaired) electrons. The Hall–Kier alpha value is -1.83. The van der Waals surface area contributed by atoms with Crippen LogP contribution >= 0.6 is 11.3 Å². The second-order valence-corrected chi connectivity index (χ2v) is 13.2. The smallest absolute Gasteiger partial charge is 0.252 e. The highest BCUT2D eigenvalue weighted by Crippen LogP contribution is 2.26. The minimum atomic E-state index is -3.58. The zero-order valence-electron chi connectivity index (χ0n) is 18.1. The fraction of sp³-hybridized carbons (Fsp3) is 0.476. The van der Waals surface area contributed by atoms with E-state index < -0.39 is 20.0 Å². The maximum Gasteiger partial charge on any atom is 0.252 e. The van der Waals surface area contributed by atoms with E-state index in [9.17, 15) is 21.6 Å². The maximum absolute atomic E-state index is 12.7. The van der Waals surface area contributed by atoms with E-state index in [-0.39, 0.29) is 21.4 Å². The highest BCUT2D eigenvalue weighted by Gasteiger charge is 2.28. The standard InChI is InChI=1S/C21H27N3O6S3/c25-20(16-18-6-9-21(31-18)33(28,29)24-12-14-30-15-13-24)22-17-4-7-19(8-5-17)32(26,27)23-10-2-1-3-11-23/h4-9H,1-3,10-16H2,(H,22,25). The summed E-state index contributed by atoms with van der Waals surface area (Å²) < 4.78 is 59.3. The summed E-state index contributed by atoms with van der Waals surface area (Å²) in [7, 11) is -7.11. The summed E-state index contributed by atoms with van der Waals surface area (Å²) in [6.07, 6.45) is 2.80. The van der Waals surface area contributed by atoms with Crippen LogP contribution in [0.1, 0.15) is 24.1 Å². The molecule has 2 aliphatic rings. The van der Waals surface area contributed by atoms with Crippen LogP contribution in [0.4, 0.5) is 5.69 Å². The van der Waals surface area contributed by atoms with Crippen molar-refractivity contribution in [2.24, 2.45) is 0 Å². The Morgan fingerprint density at radius 1 is 0.848 bits per heavy atom. The SMILES string of the molecule is O=C(Cc1ccc(S(=O)(=O)N2CCOCC2)s1)Nc1ccc(S(=O)(=O)N2CCCCC2)cc1. The fourth-order valence-corrected chi connectivity index (χ4v) is 8.27. The largest absolute Gasteiger partial charge is 0.379 e. The molecule has 0 atom stereocenters. The van der Waals surface area contributed by atoms with Gasteiger partial charge < -0.3 is 10.1 Å². The molecule has 4 rings (SSSR count). The summed E-state index contributed by atoms with van der Waals surface area (Å²) in [6.45, 7) is 2.45. The van der Waals surface area contributed by atoms with Crippen LogP contribution in [0, 0.1) is 0 Å². The predicted octanol–water partition coefficient (Wildman–Crippen LogP) is 2.12. The summed E-state index contributed by atoms with van der Waals surface area (Å²) in [5.41, 5.74) is 0.482. The van der Waals surface area contributed by atoms with Gasteiger partial charge in [-0.15, -0.1) is 11.3 Å². The molecule has 9 nitrogen and oxygen atoms in total. The average Bonchev–Trinajstić information content (AvgIpc) is 3.30. The van der Waals surface area contributed by atoms with Crippen molar-refractivity contribution in [3.05, 3.63) is 41.3 Å². The number of thiophene rings is 1. The molecule has 2 aromatic rings. The second-order valence-electron chi connectivity index (χ2n) is 7.95. The number of anilines is 1. The van der Waals surface area contributed by atoms with E-state index >= 15 is 0 Å². The van der Waals surface area contributed by atoms with Gasteiger partial charge in [-0.05, 0) is 49.2 Å². The van der Waals surface area contributed by atoms with Crippen LogP contribution in [0.15, 0.2) is 45.5 Å². The molecule has 3 heterocycles. The van der Waals surface area contributed by atoms with E-state index in [1.54, 1.807) is 18.2 Å². The van der Waals surface area contributed by atoms with E-state index in [0.29, 0.717) is 50.0 Å². The number of ether oxygens (including phenoxy) is 1. The van der Waals surface area contributed by atoms with Crippen molar-refractivity contribution in [1.29, 1.82) is 0 Å². The Bertz CT molecular complexity index is 1180. The summed E-state index contributed by atoms with van der Waals surface area (Å²) in [5, 5.41) is 2.74. The van der Waals surface area contributed by atoms with Gasteiger partial charge >= 0.3 is 0 Å². The first-order valence-corrected chi connectivity index (χ1v) is 14.5. The van der Waals surface area contributed by atoms with E-state index in [0.717, 1.165) is 30.6 Å². The highest BCUT2D eigenvalue weighted by molar-refractivity contribution is 7.91. The number of sulfonamides is 2. The minimum Gasteiger partial charge on any atom is -0.379 e. The quantitative estimate of drug-likeness (QED) is 0.607. The van der Waals surface area contributed by atoms with Crippen LogP contribution in [-0.2, 0) is 36.0 Å². The summed E-state index contributed by atoms with van der Waals surface area (Å²) in [5.74, 6) is -0.307. The van der Waals surface area contributed by atoms with E-state index in [2.05, 4.69) is 5.32 Å². The highest BCUT2D eigenvalue weighted by atomic mass is 32.2. The van der Waals surface area contributed by atoms with Gasteiger partial charge in [0.25, 0.3) is 10.0 Å². The Labute approximate surface area is 198 Å². The molecule has 12 heteroatoms. The molecular formula is C21H27N3O6S3. The minimum absolute atomic E-state index is 0.0249. The number of rotatable bonds is 7. The molecule has 0 unspecified atom stereocenters. The number of hydrogen-bond donors (Lipinski definition) is 1. The van der Waals surface area contributed by atoms with Crippen molar-refractivity contribution in [2.45, 2.75) is 34.8 Å². The van der Waals surface area contributed by atoms with Crippen molar-refractivity contribution < 1.29 is 26.4 Å². The maximum atomic E-state index is 12.7. The van der Waals surface area contributed by atoms with Crippen LogP contribution in [0.3, 0.4) is 0 Å². The molecule has 2 aliphatic heterocycles. The molecule has 0 aliphatic carbocycles. The van der Waals surface area contributed by atoms with Crippen LogP contribution in [-0.4, -0.2) is 70.7 Å². The molecule has 0 saturated carbocycles. The molecule has 0 bridgehead atoms. The third kappa shape index (κ3) is 5.64. The van der Waals surface area contributed by atoms with Gasteiger partial charge in [0.2, 0.25) is 15.9 Å². The van der Waals surface area contributed by atoms with Gasteiger partial charge in [-0.2, -0.15) is 8.61 Å². The van der Waals surface area contributed by atoms with Gasteiger partial charge in [-0.3, -0.25) is 4.79 Å². The molecule has 1 aromatic carbocycles. The lowest BCUT2D eigenvalue weighted by Gasteiger charge is -2.25. The van der Waals surface area contributed by atoms with Gasteiger partial charge in [0.05, 0.1) is 24.5 Å². The lowest BCUT2D eigenvalue weighted by Crippen LogP contribution is -2.40. The van der Waals surface area contributed by atoms with E-state index in [1.807, 2.05) is 0 Å². The Morgan fingerprint density at radius 2 is 1.48 bits per heavy atom. The molecule has 2 saturated heterocycles. The predicted molar refractivity (Wildman–Crippen MR) is 125 cm³/mol. The van der Waals surface area contributed by atoms with Gasteiger partial charge in [0.15, 0.2) is 0 Å². The number of benzene rings is 1. The molecular weight excluding hydrogens is 486 g/mol. The van der Waals surface area contributed by atoms with Crippen molar-refractivity contribution in [2.75, 3.05) is 44.7 Å². The number of carbonyl (C=O) groups is 1. The van der Waals surface area contributed by atoms with E-state index in [1.165, 1.54) is 26.8 Å². The number of morpholine rings is 1. The summed E-state index contributed by atoms with van der Waals surface area (Å²) in [4.78, 5) is 13.3. The lowest BCUT2D eigenvalue weighted by molar-refractivity contribution is -0.115. The first-order chi connectivity index (χ1) is 15.8. The fourth-order valence-electron chi connectivity index (χ4n) is 3.83. The molecule has 0 spiro atoms. The molecule has 33 heavy (non-hydrogen) atoms. The van der Waals surface area contributed by atoms with Crippen molar-refractivity contribution in [3.8, 4) is 0 Å². The Balaban J connectivity index is 1.36.